The lowest BCUT2D eigenvalue weighted by Crippen LogP contribution is -2.12. The number of nitrogens with two attached hydrogens (primary N) is 1. The van der Waals surface area contributed by atoms with Crippen LogP contribution in [0.2, 0.25) is 0 Å². The van der Waals surface area contributed by atoms with E-state index < -0.39 is 0 Å². The van der Waals surface area contributed by atoms with E-state index in [-0.39, 0.29) is 6.04 Å². The van der Waals surface area contributed by atoms with Crippen molar-refractivity contribution in [3.8, 4) is 5.75 Å². The first-order chi connectivity index (χ1) is 8.29. The van der Waals surface area contributed by atoms with Gasteiger partial charge in [0.2, 0.25) is 0 Å². The second-order valence-electron chi connectivity index (χ2n) is 3.40. The summed E-state index contributed by atoms with van der Waals surface area (Å²) in [5, 5.41) is 7.75. The average Bonchev–Trinajstić information content (AvgIpc) is 2.89. The second-order valence-corrected chi connectivity index (χ2v) is 5.50. The maximum atomic E-state index is 6.10. The van der Waals surface area contributed by atoms with Gasteiger partial charge in [0.25, 0.3) is 0 Å². The monoisotopic (exact) mass is 267 g/mol. The van der Waals surface area contributed by atoms with Gasteiger partial charge in [-0.25, -0.2) is 0 Å². The van der Waals surface area contributed by atoms with E-state index >= 15 is 0 Å². The summed E-state index contributed by atoms with van der Waals surface area (Å²) >= 11 is 3.16. The van der Waals surface area contributed by atoms with Gasteiger partial charge in [-0.3, -0.25) is 0 Å². The summed E-state index contributed by atoms with van der Waals surface area (Å²) in [5.41, 5.74) is 8.92. The molecule has 1 unspecified atom stereocenters. The Morgan fingerprint density at radius 3 is 2.76 bits per heavy atom. The lowest BCUT2D eigenvalue weighted by Gasteiger charge is -2.11. The van der Waals surface area contributed by atoms with Gasteiger partial charge in [-0.1, -0.05) is 35.2 Å². The largest absolute Gasteiger partial charge is 0.497 e. The van der Waals surface area contributed by atoms with Gasteiger partial charge in [-0.15, -0.1) is 10.2 Å². The topological polar surface area (TPSA) is 61.0 Å². The van der Waals surface area contributed by atoms with E-state index in [2.05, 4.69) is 10.2 Å². The van der Waals surface area contributed by atoms with Gasteiger partial charge in [-0.2, -0.15) is 0 Å². The van der Waals surface area contributed by atoms with E-state index in [1.54, 1.807) is 24.4 Å². The molecule has 0 radical (unpaired) electrons. The third-order valence-corrected chi connectivity index (χ3v) is 4.25. The van der Waals surface area contributed by atoms with Crippen LogP contribution in [0.5, 0.6) is 5.75 Å². The zero-order valence-corrected chi connectivity index (χ0v) is 11.0. The van der Waals surface area contributed by atoms with Crippen LogP contribution in [-0.4, -0.2) is 23.1 Å². The third-order valence-electron chi connectivity index (χ3n) is 2.27. The van der Waals surface area contributed by atoms with Gasteiger partial charge in [0.15, 0.2) is 4.34 Å². The van der Waals surface area contributed by atoms with Gasteiger partial charge in [0.1, 0.15) is 11.3 Å². The Morgan fingerprint density at radius 1 is 1.41 bits per heavy atom. The summed E-state index contributed by atoms with van der Waals surface area (Å²) in [6, 6.07) is 7.82. The van der Waals surface area contributed by atoms with Crippen LogP contribution in [-0.2, 0) is 0 Å². The van der Waals surface area contributed by atoms with Crippen LogP contribution >= 0.6 is 23.1 Å². The number of aromatic nitrogens is 2. The van der Waals surface area contributed by atoms with Crippen molar-refractivity contribution < 1.29 is 4.74 Å². The first-order valence-electron chi connectivity index (χ1n) is 5.08. The fourth-order valence-corrected chi connectivity index (χ4v) is 2.84. The maximum absolute atomic E-state index is 6.10. The molecule has 0 aliphatic heterocycles. The summed E-state index contributed by atoms with van der Waals surface area (Å²) < 4.78 is 6.06. The minimum absolute atomic E-state index is 0.00481. The van der Waals surface area contributed by atoms with Gasteiger partial charge >= 0.3 is 0 Å². The Labute approximate surface area is 108 Å². The van der Waals surface area contributed by atoms with Gasteiger partial charge in [-0.05, 0) is 17.7 Å². The van der Waals surface area contributed by atoms with Crippen molar-refractivity contribution in [3.05, 3.63) is 35.3 Å². The number of methoxy groups -OCH3 is 1. The van der Waals surface area contributed by atoms with E-state index in [0.29, 0.717) is 0 Å². The normalized spacial score (nSPS) is 12.4. The number of nitrogens with zero attached hydrogens (tertiary/aromatic N) is 2. The molecule has 17 heavy (non-hydrogen) atoms. The summed E-state index contributed by atoms with van der Waals surface area (Å²) in [6.07, 6.45) is 0. The van der Waals surface area contributed by atoms with Gasteiger partial charge in [0.05, 0.1) is 7.11 Å². The smallest absolute Gasteiger partial charge is 0.174 e. The predicted octanol–water partition coefficient (Wildman–Crippen LogP) is 2.34. The standard InChI is InChI=1S/C11H13N3OS2/c1-15-9-4-2-8(3-5-9)10(12)6-16-11-14-13-7-17-11/h2-5,7,10H,6,12H2,1H3. The Morgan fingerprint density at radius 2 is 2.18 bits per heavy atom. The van der Waals surface area contributed by atoms with E-state index in [1.165, 1.54) is 11.3 Å². The van der Waals surface area contributed by atoms with Crippen molar-refractivity contribution in [2.45, 2.75) is 10.4 Å². The minimum atomic E-state index is -0.00481. The van der Waals surface area contributed by atoms with Crippen LogP contribution in [0.25, 0.3) is 0 Å². The first kappa shape index (κ1) is 12.3. The Hall–Kier alpha value is -1.11. The summed E-state index contributed by atoms with van der Waals surface area (Å²) in [7, 11) is 1.65. The number of benzene rings is 1. The molecule has 2 rings (SSSR count). The molecule has 2 aromatic rings. The van der Waals surface area contributed by atoms with Crippen molar-refractivity contribution in [2.75, 3.05) is 12.9 Å². The molecule has 0 saturated heterocycles. The average molecular weight is 267 g/mol. The molecule has 0 aliphatic carbocycles. The van der Waals surface area contributed by atoms with E-state index in [9.17, 15) is 0 Å². The molecule has 4 nitrogen and oxygen atoms in total. The fourth-order valence-electron chi connectivity index (χ4n) is 1.33. The minimum Gasteiger partial charge on any atom is -0.497 e. The predicted molar refractivity (Wildman–Crippen MR) is 70.6 cm³/mol. The molecule has 2 N–H and O–H groups in total. The lowest BCUT2D eigenvalue weighted by atomic mass is 10.1. The van der Waals surface area contributed by atoms with Crippen LogP contribution in [0.1, 0.15) is 11.6 Å². The molecule has 90 valence electrons. The summed E-state index contributed by atoms with van der Waals surface area (Å²) in [6.45, 7) is 0. The molecule has 0 fully saturated rings. The van der Waals surface area contributed by atoms with Crippen molar-refractivity contribution in [2.24, 2.45) is 5.73 Å². The molecule has 1 heterocycles. The van der Waals surface area contributed by atoms with Crippen molar-refractivity contribution >= 4 is 23.1 Å². The molecule has 0 bridgehead atoms. The number of hydrogen-bond donors (Lipinski definition) is 1. The fraction of sp³-hybridized carbons (Fsp3) is 0.273. The Bertz CT molecular complexity index is 444. The molecule has 1 aromatic heterocycles. The van der Waals surface area contributed by atoms with Crippen molar-refractivity contribution in [3.63, 3.8) is 0 Å². The highest BCUT2D eigenvalue weighted by Crippen LogP contribution is 2.25. The SMILES string of the molecule is COc1ccc(C(N)CSc2nncs2)cc1. The molecule has 1 atom stereocenters. The highest BCUT2D eigenvalue weighted by Gasteiger charge is 2.08. The maximum Gasteiger partial charge on any atom is 0.174 e. The highest BCUT2D eigenvalue weighted by molar-refractivity contribution is 8.01. The molecule has 0 spiro atoms. The van der Waals surface area contributed by atoms with Crippen LogP contribution in [0.4, 0.5) is 0 Å². The highest BCUT2D eigenvalue weighted by atomic mass is 32.2. The molecule has 0 aliphatic rings. The molecule has 0 saturated carbocycles. The van der Waals surface area contributed by atoms with Crippen LogP contribution in [0, 0.1) is 0 Å². The number of rotatable bonds is 5. The second kappa shape index (κ2) is 6.00. The molecule has 6 heteroatoms. The van der Waals surface area contributed by atoms with E-state index in [4.69, 9.17) is 10.5 Å². The molecular formula is C11H13N3OS2. The number of hydrogen-bond acceptors (Lipinski definition) is 6. The van der Waals surface area contributed by atoms with Crippen molar-refractivity contribution in [1.29, 1.82) is 0 Å². The quantitative estimate of drug-likeness (QED) is 0.843. The summed E-state index contributed by atoms with van der Waals surface area (Å²) in [4.78, 5) is 0. The van der Waals surface area contributed by atoms with Gasteiger partial charge < -0.3 is 10.5 Å². The summed E-state index contributed by atoms with van der Waals surface area (Å²) in [5.74, 6) is 1.64. The molecule has 1 aromatic carbocycles. The Kier molecular flexibility index (Phi) is 4.36. The molecule has 0 amide bonds. The zero-order valence-electron chi connectivity index (χ0n) is 9.37. The lowest BCUT2D eigenvalue weighted by molar-refractivity contribution is 0.414. The number of ether oxygens (including phenoxy) is 1. The van der Waals surface area contributed by atoms with Crippen LogP contribution < -0.4 is 10.5 Å². The zero-order chi connectivity index (χ0) is 12.1. The van der Waals surface area contributed by atoms with Gasteiger partial charge in [0, 0.05) is 11.8 Å². The Balaban J connectivity index is 1.92. The van der Waals surface area contributed by atoms with E-state index in [0.717, 1.165) is 21.4 Å². The van der Waals surface area contributed by atoms with Crippen LogP contribution in [0.15, 0.2) is 34.1 Å². The molecular weight excluding hydrogens is 254 g/mol. The number of thioether (sulfide) groups is 1. The van der Waals surface area contributed by atoms with E-state index in [1.807, 2.05) is 24.3 Å². The third kappa shape index (κ3) is 3.42. The first-order valence-corrected chi connectivity index (χ1v) is 6.94. The van der Waals surface area contributed by atoms with Crippen LogP contribution in [0.3, 0.4) is 0 Å². The van der Waals surface area contributed by atoms with Crippen molar-refractivity contribution in [1.82, 2.24) is 10.2 Å².